The molecule has 19 heavy (non-hydrogen) atoms. The number of para-hydroxylation sites is 1. The lowest BCUT2D eigenvalue weighted by Crippen LogP contribution is -2.24. The van der Waals surface area contributed by atoms with Gasteiger partial charge in [-0.25, -0.2) is 9.37 Å². The molecule has 4 nitrogen and oxygen atoms in total. The van der Waals surface area contributed by atoms with Crippen LogP contribution in [0.15, 0.2) is 30.5 Å². The molecule has 0 amide bonds. The molecule has 3 rings (SSSR count). The average molecular weight is 263 g/mol. The van der Waals surface area contributed by atoms with E-state index in [0.717, 1.165) is 29.5 Å². The highest BCUT2D eigenvalue weighted by atomic mass is 19.1. The highest BCUT2D eigenvalue weighted by Crippen LogP contribution is 2.29. The predicted molar refractivity (Wildman–Crippen MR) is 68.7 cm³/mol. The number of ether oxygens (including phenoxy) is 1. The van der Waals surface area contributed by atoms with E-state index >= 15 is 0 Å². The second-order valence-corrected chi connectivity index (χ2v) is 4.26. The molecule has 0 atom stereocenters. The SMILES string of the molecule is Fc1cnc2c(OC3CCC3)cccc2c1.O=CO. The van der Waals surface area contributed by atoms with Gasteiger partial charge < -0.3 is 9.84 Å². The van der Waals surface area contributed by atoms with Gasteiger partial charge in [-0.1, -0.05) is 12.1 Å². The molecular formula is C14H14FNO3. The Balaban J connectivity index is 0.000000408. The number of halogens is 1. The van der Waals surface area contributed by atoms with Crippen LogP contribution in [0.4, 0.5) is 4.39 Å². The Labute approximate surface area is 109 Å². The monoisotopic (exact) mass is 263 g/mol. The summed E-state index contributed by atoms with van der Waals surface area (Å²) >= 11 is 0. The van der Waals surface area contributed by atoms with Gasteiger partial charge in [0.1, 0.15) is 17.1 Å². The Hall–Kier alpha value is -2.17. The third kappa shape index (κ3) is 3.19. The van der Waals surface area contributed by atoms with Gasteiger partial charge in [-0.2, -0.15) is 0 Å². The molecule has 0 aliphatic heterocycles. The molecule has 5 heteroatoms. The van der Waals surface area contributed by atoms with Crippen molar-refractivity contribution in [3.8, 4) is 5.75 Å². The van der Waals surface area contributed by atoms with Crippen molar-refractivity contribution >= 4 is 17.4 Å². The number of aromatic nitrogens is 1. The summed E-state index contributed by atoms with van der Waals surface area (Å²) in [7, 11) is 0. The molecule has 0 unspecified atom stereocenters. The lowest BCUT2D eigenvalue weighted by molar-refractivity contribution is -0.122. The van der Waals surface area contributed by atoms with E-state index in [0.29, 0.717) is 6.10 Å². The zero-order valence-corrected chi connectivity index (χ0v) is 10.3. The Morgan fingerprint density at radius 3 is 2.79 bits per heavy atom. The molecule has 0 saturated heterocycles. The van der Waals surface area contributed by atoms with Crippen molar-refractivity contribution in [2.75, 3.05) is 0 Å². The summed E-state index contributed by atoms with van der Waals surface area (Å²) in [6.07, 6.45) is 5.00. The van der Waals surface area contributed by atoms with Gasteiger partial charge >= 0.3 is 0 Å². The highest BCUT2D eigenvalue weighted by molar-refractivity contribution is 5.84. The largest absolute Gasteiger partial charge is 0.488 e. The number of hydrogen-bond acceptors (Lipinski definition) is 3. The molecule has 1 N–H and O–H groups in total. The molecule has 1 aromatic heterocycles. The van der Waals surface area contributed by atoms with Crippen LogP contribution in [0.1, 0.15) is 19.3 Å². The molecule has 0 radical (unpaired) electrons. The second kappa shape index (κ2) is 6.13. The van der Waals surface area contributed by atoms with Crippen LogP contribution in [0.25, 0.3) is 10.9 Å². The Kier molecular flexibility index (Phi) is 4.28. The number of pyridine rings is 1. The third-order valence-corrected chi connectivity index (χ3v) is 2.99. The van der Waals surface area contributed by atoms with Gasteiger partial charge in [-0.3, -0.25) is 4.79 Å². The molecule has 1 heterocycles. The summed E-state index contributed by atoms with van der Waals surface area (Å²) < 4.78 is 18.8. The summed E-state index contributed by atoms with van der Waals surface area (Å²) in [5.41, 5.74) is 0.746. The van der Waals surface area contributed by atoms with Crippen molar-refractivity contribution in [3.05, 3.63) is 36.3 Å². The number of nitrogens with zero attached hydrogens (tertiary/aromatic N) is 1. The van der Waals surface area contributed by atoms with Crippen LogP contribution >= 0.6 is 0 Å². The van der Waals surface area contributed by atoms with E-state index < -0.39 is 0 Å². The standard InChI is InChI=1S/C13H12FNO.CH2O2/c14-10-7-9-3-1-6-12(13(9)15-8-10)16-11-4-2-5-11;2-1-3/h1,3,6-8,11H,2,4-5H2;1H,(H,2,3). The molecule has 1 aliphatic rings. The van der Waals surface area contributed by atoms with Gasteiger partial charge in [0.25, 0.3) is 6.47 Å². The maximum atomic E-state index is 13.0. The van der Waals surface area contributed by atoms with E-state index in [4.69, 9.17) is 14.6 Å². The van der Waals surface area contributed by atoms with E-state index in [1.165, 1.54) is 18.7 Å². The number of rotatable bonds is 2. The molecule has 100 valence electrons. The van der Waals surface area contributed by atoms with Crippen molar-refractivity contribution in [1.82, 2.24) is 4.98 Å². The van der Waals surface area contributed by atoms with Crippen molar-refractivity contribution in [2.24, 2.45) is 0 Å². The summed E-state index contributed by atoms with van der Waals surface area (Å²) in [6, 6.07) is 7.10. The van der Waals surface area contributed by atoms with Crippen molar-refractivity contribution in [1.29, 1.82) is 0 Å². The fourth-order valence-electron chi connectivity index (χ4n) is 1.87. The van der Waals surface area contributed by atoms with Crippen LogP contribution in [-0.2, 0) is 4.79 Å². The minimum absolute atomic E-state index is 0.250. The predicted octanol–water partition coefficient (Wildman–Crippen LogP) is 3.01. The van der Waals surface area contributed by atoms with E-state index in [2.05, 4.69) is 4.98 Å². The highest BCUT2D eigenvalue weighted by Gasteiger charge is 2.20. The number of fused-ring (bicyclic) bond motifs is 1. The Morgan fingerprint density at radius 2 is 2.16 bits per heavy atom. The fourth-order valence-corrected chi connectivity index (χ4v) is 1.87. The van der Waals surface area contributed by atoms with Gasteiger partial charge in [-0.05, 0) is 31.4 Å². The molecule has 0 bridgehead atoms. The lowest BCUT2D eigenvalue weighted by Gasteiger charge is -2.26. The van der Waals surface area contributed by atoms with Gasteiger partial charge in [0.2, 0.25) is 0 Å². The molecule has 1 aromatic carbocycles. The molecule has 1 saturated carbocycles. The molecule has 2 aromatic rings. The van der Waals surface area contributed by atoms with Gasteiger partial charge in [0.15, 0.2) is 0 Å². The first-order valence-corrected chi connectivity index (χ1v) is 6.03. The van der Waals surface area contributed by atoms with Crippen LogP contribution in [-0.4, -0.2) is 22.7 Å². The smallest absolute Gasteiger partial charge is 0.290 e. The van der Waals surface area contributed by atoms with Crippen LogP contribution in [0.5, 0.6) is 5.75 Å². The topological polar surface area (TPSA) is 59.4 Å². The molecule has 1 fully saturated rings. The number of benzene rings is 1. The first kappa shape index (κ1) is 13.3. The minimum atomic E-state index is -0.312. The van der Waals surface area contributed by atoms with Gasteiger partial charge in [0, 0.05) is 5.39 Å². The van der Waals surface area contributed by atoms with Crippen molar-refractivity contribution < 1.29 is 19.0 Å². The van der Waals surface area contributed by atoms with Crippen LogP contribution in [0.2, 0.25) is 0 Å². The van der Waals surface area contributed by atoms with E-state index in [9.17, 15) is 4.39 Å². The zero-order valence-electron chi connectivity index (χ0n) is 10.3. The number of carboxylic acid groups (broad SMARTS) is 1. The quantitative estimate of drug-likeness (QED) is 0.846. The average Bonchev–Trinajstić information content (AvgIpc) is 2.34. The van der Waals surface area contributed by atoms with Gasteiger partial charge in [0.05, 0.1) is 12.3 Å². The third-order valence-electron chi connectivity index (χ3n) is 2.99. The first-order chi connectivity index (χ1) is 9.24. The summed E-state index contributed by atoms with van der Waals surface area (Å²) in [5, 5.41) is 7.68. The van der Waals surface area contributed by atoms with Gasteiger partial charge in [-0.15, -0.1) is 0 Å². The van der Waals surface area contributed by atoms with Crippen LogP contribution < -0.4 is 4.74 Å². The summed E-state index contributed by atoms with van der Waals surface area (Å²) in [5.74, 6) is 0.454. The van der Waals surface area contributed by atoms with Crippen molar-refractivity contribution in [3.63, 3.8) is 0 Å². The van der Waals surface area contributed by atoms with Crippen LogP contribution in [0, 0.1) is 5.82 Å². The maximum Gasteiger partial charge on any atom is 0.290 e. The number of carbonyl (C=O) groups is 1. The minimum Gasteiger partial charge on any atom is -0.488 e. The van der Waals surface area contributed by atoms with E-state index in [1.54, 1.807) is 0 Å². The van der Waals surface area contributed by atoms with Crippen molar-refractivity contribution in [2.45, 2.75) is 25.4 Å². The Morgan fingerprint density at radius 1 is 1.42 bits per heavy atom. The fraction of sp³-hybridized carbons (Fsp3) is 0.286. The Bertz CT molecular complexity index is 570. The summed E-state index contributed by atoms with van der Waals surface area (Å²) in [6.45, 7) is -0.250. The lowest BCUT2D eigenvalue weighted by atomic mass is 9.96. The normalized spacial score (nSPS) is 14.2. The van der Waals surface area contributed by atoms with E-state index in [-0.39, 0.29) is 12.3 Å². The summed E-state index contributed by atoms with van der Waals surface area (Å²) in [4.78, 5) is 12.5. The van der Waals surface area contributed by atoms with Crippen LogP contribution in [0.3, 0.4) is 0 Å². The molecule has 0 spiro atoms. The maximum absolute atomic E-state index is 13.0. The second-order valence-electron chi connectivity index (χ2n) is 4.26. The van der Waals surface area contributed by atoms with E-state index in [1.807, 2.05) is 18.2 Å². The molecule has 1 aliphatic carbocycles. The first-order valence-electron chi connectivity index (χ1n) is 6.03. The zero-order chi connectivity index (χ0) is 13.7. The molecular weight excluding hydrogens is 249 g/mol. The number of hydrogen-bond donors (Lipinski definition) is 1.